The Bertz CT molecular complexity index is 793. The third-order valence-corrected chi connectivity index (χ3v) is 4.50. The fourth-order valence-corrected chi connectivity index (χ4v) is 3.08. The number of benzene rings is 2. The molecule has 1 aliphatic heterocycles. The van der Waals surface area contributed by atoms with Crippen LogP contribution in [0.15, 0.2) is 54.7 Å². The second-order valence-corrected chi connectivity index (χ2v) is 6.36. The maximum atomic E-state index is 8.33. The Morgan fingerprint density at radius 1 is 1.21 bits per heavy atom. The zero-order valence-electron chi connectivity index (χ0n) is 14.0. The first-order valence-corrected chi connectivity index (χ1v) is 8.29. The van der Waals surface area contributed by atoms with Gasteiger partial charge < -0.3 is 10.3 Å². The number of fused-ring (bicyclic) bond motifs is 1. The van der Waals surface area contributed by atoms with E-state index in [9.17, 15) is 0 Å². The third-order valence-electron chi connectivity index (χ3n) is 4.50. The summed E-state index contributed by atoms with van der Waals surface area (Å²) in [5, 5.41) is 8.33. The van der Waals surface area contributed by atoms with E-state index in [4.69, 9.17) is 11.8 Å². The van der Waals surface area contributed by atoms with Gasteiger partial charge in [0.1, 0.15) is 0 Å². The lowest BCUT2D eigenvalue weighted by Crippen LogP contribution is -2.31. The molecule has 1 heterocycles. The van der Waals surface area contributed by atoms with Gasteiger partial charge in [-0.3, -0.25) is 0 Å². The van der Waals surface area contributed by atoms with E-state index in [0.29, 0.717) is 12.5 Å². The van der Waals surface area contributed by atoms with Crippen molar-refractivity contribution in [2.75, 3.05) is 0 Å². The molecule has 0 aromatic heterocycles. The Morgan fingerprint density at radius 2 is 1.96 bits per heavy atom. The minimum Gasteiger partial charge on any atom is -0.370 e. The minimum absolute atomic E-state index is 0.312. The number of rotatable bonds is 5. The van der Waals surface area contributed by atoms with Gasteiger partial charge in [-0.25, -0.2) is 0 Å². The predicted molar refractivity (Wildman–Crippen MR) is 101 cm³/mol. The molecule has 2 nitrogen and oxygen atoms in total. The van der Waals surface area contributed by atoms with Crippen molar-refractivity contribution in [1.29, 1.82) is 5.41 Å². The summed E-state index contributed by atoms with van der Waals surface area (Å²) < 4.78 is 0. The molecular weight excluding hydrogens is 292 g/mol. The first-order chi connectivity index (χ1) is 11.7. The van der Waals surface area contributed by atoms with Crippen molar-refractivity contribution in [3.63, 3.8) is 0 Å². The average Bonchev–Trinajstić information content (AvgIpc) is 2.61. The van der Waals surface area contributed by atoms with E-state index in [-0.39, 0.29) is 0 Å². The van der Waals surface area contributed by atoms with E-state index in [1.54, 1.807) is 0 Å². The van der Waals surface area contributed by atoms with Crippen LogP contribution in [0, 0.1) is 17.8 Å². The summed E-state index contributed by atoms with van der Waals surface area (Å²) in [6, 6.07) is 16.7. The van der Waals surface area contributed by atoms with Crippen LogP contribution < -0.4 is 0 Å². The van der Waals surface area contributed by atoms with E-state index >= 15 is 0 Å². The van der Waals surface area contributed by atoms with Gasteiger partial charge in [0, 0.05) is 42.9 Å². The Morgan fingerprint density at radius 3 is 2.71 bits per heavy atom. The van der Waals surface area contributed by atoms with Crippen molar-refractivity contribution in [3.05, 3.63) is 77.0 Å². The maximum absolute atomic E-state index is 8.33. The largest absolute Gasteiger partial charge is 0.370 e. The average molecular weight is 314 g/mol. The third kappa shape index (κ3) is 3.75. The van der Waals surface area contributed by atoms with Gasteiger partial charge in [0.25, 0.3) is 0 Å². The molecule has 24 heavy (non-hydrogen) atoms. The SMILES string of the molecule is C#Cc1ccc(CC(=N)CC(C)N2C=Cc3ccccc3C2)cc1. The lowest BCUT2D eigenvalue weighted by Gasteiger charge is -2.31. The summed E-state index contributed by atoms with van der Waals surface area (Å²) in [5.74, 6) is 2.62. The van der Waals surface area contributed by atoms with Gasteiger partial charge in [-0.05, 0) is 41.8 Å². The molecular formula is C22H22N2. The molecule has 0 bridgehead atoms. The summed E-state index contributed by atoms with van der Waals surface area (Å²) in [7, 11) is 0. The zero-order valence-corrected chi connectivity index (χ0v) is 14.0. The molecule has 0 fully saturated rings. The lowest BCUT2D eigenvalue weighted by molar-refractivity contribution is 0.289. The van der Waals surface area contributed by atoms with Crippen molar-refractivity contribution in [2.24, 2.45) is 0 Å². The monoisotopic (exact) mass is 314 g/mol. The Hall–Kier alpha value is -2.79. The van der Waals surface area contributed by atoms with Crippen LogP contribution in [0.25, 0.3) is 6.08 Å². The number of nitrogens with zero attached hydrogens (tertiary/aromatic N) is 1. The highest BCUT2D eigenvalue weighted by molar-refractivity contribution is 5.84. The fraction of sp³-hybridized carbons (Fsp3) is 0.227. The van der Waals surface area contributed by atoms with Crippen LogP contribution in [-0.4, -0.2) is 16.7 Å². The molecule has 1 N–H and O–H groups in total. The lowest BCUT2D eigenvalue weighted by atomic mass is 9.99. The fourth-order valence-electron chi connectivity index (χ4n) is 3.08. The topological polar surface area (TPSA) is 27.1 Å². The van der Waals surface area contributed by atoms with Crippen LogP contribution in [0.2, 0.25) is 0 Å². The van der Waals surface area contributed by atoms with Crippen molar-refractivity contribution in [2.45, 2.75) is 32.4 Å². The number of hydrogen-bond donors (Lipinski definition) is 1. The molecule has 120 valence electrons. The minimum atomic E-state index is 0.312. The highest BCUT2D eigenvalue weighted by Gasteiger charge is 2.17. The summed E-state index contributed by atoms with van der Waals surface area (Å²) in [5.41, 5.74) is 5.43. The van der Waals surface area contributed by atoms with Gasteiger partial charge in [0.2, 0.25) is 0 Å². The van der Waals surface area contributed by atoms with E-state index in [1.807, 2.05) is 24.3 Å². The van der Waals surface area contributed by atoms with Gasteiger partial charge in [0.15, 0.2) is 0 Å². The maximum Gasteiger partial charge on any atom is 0.0433 e. The second kappa shape index (κ2) is 7.19. The van der Waals surface area contributed by atoms with Crippen molar-refractivity contribution in [3.8, 4) is 12.3 Å². The van der Waals surface area contributed by atoms with Crippen LogP contribution in [0.3, 0.4) is 0 Å². The first kappa shape index (κ1) is 16.1. The molecule has 0 radical (unpaired) electrons. The summed E-state index contributed by atoms with van der Waals surface area (Å²) in [6.07, 6.45) is 11.1. The molecule has 1 unspecified atom stereocenters. The molecule has 0 saturated carbocycles. The highest BCUT2D eigenvalue weighted by atomic mass is 15.1. The van der Waals surface area contributed by atoms with Gasteiger partial charge in [-0.2, -0.15) is 0 Å². The molecule has 3 rings (SSSR count). The van der Waals surface area contributed by atoms with Crippen LogP contribution >= 0.6 is 0 Å². The summed E-state index contributed by atoms with van der Waals surface area (Å²) in [4.78, 5) is 2.32. The molecule has 2 aromatic rings. The zero-order chi connectivity index (χ0) is 16.9. The summed E-state index contributed by atoms with van der Waals surface area (Å²) >= 11 is 0. The smallest absolute Gasteiger partial charge is 0.0433 e. The number of nitrogens with one attached hydrogen (secondary N) is 1. The van der Waals surface area contributed by atoms with Gasteiger partial charge >= 0.3 is 0 Å². The molecule has 2 heteroatoms. The Balaban J connectivity index is 1.58. The second-order valence-electron chi connectivity index (χ2n) is 6.36. The van der Waals surface area contributed by atoms with E-state index in [1.165, 1.54) is 11.1 Å². The highest BCUT2D eigenvalue weighted by Crippen LogP contribution is 2.22. The van der Waals surface area contributed by atoms with Gasteiger partial charge in [0.05, 0.1) is 0 Å². The van der Waals surface area contributed by atoms with Gasteiger partial charge in [-0.1, -0.05) is 42.3 Å². The first-order valence-electron chi connectivity index (χ1n) is 8.29. The van der Waals surface area contributed by atoms with Crippen molar-refractivity contribution in [1.82, 2.24) is 4.90 Å². The molecule has 1 atom stereocenters. The van der Waals surface area contributed by atoms with Crippen molar-refractivity contribution < 1.29 is 0 Å². The van der Waals surface area contributed by atoms with E-state index in [2.05, 4.69) is 54.3 Å². The van der Waals surface area contributed by atoms with Crippen LogP contribution in [0.4, 0.5) is 0 Å². The number of hydrogen-bond acceptors (Lipinski definition) is 2. The van der Waals surface area contributed by atoms with Crippen molar-refractivity contribution >= 4 is 11.8 Å². The Labute approximate surface area is 144 Å². The number of terminal acetylenes is 1. The quantitative estimate of drug-likeness (QED) is 0.638. The van der Waals surface area contributed by atoms with Gasteiger partial charge in [-0.15, -0.1) is 6.42 Å². The standard InChI is InChI=1S/C22H22N2/c1-3-18-8-10-19(11-9-18)15-22(23)14-17(2)24-13-12-20-6-4-5-7-21(20)16-24/h1,4-13,17,23H,14-16H2,2H3. The molecule has 0 aliphatic carbocycles. The molecule has 0 spiro atoms. The molecule has 1 aliphatic rings. The Kier molecular flexibility index (Phi) is 4.82. The molecule has 0 saturated heterocycles. The molecule has 0 amide bonds. The normalized spacial score (nSPS) is 13.9. The molecule has 2 aromatic carbocycles. The van der Waals surface area contributed by atoms with Crippen LogP contribution in [0.5, 0.6) is 0 Å². The van der Waals surface area contributed by atoms with Crippen LogP contribution in [0.1, 0.15) is 35.6 Å². The van der Waals surface area contributed by atoms with E-state index in [0.717, 1.165) is 29.8 Å². The predicted octanol–water partition coefficient (Wildman–Crippen LogP) is 4.50. The summed E-state index contributed by atoms with van der Waals surface area (Å²) in [6.45, 7) is 3.10. The van der Waals surface area contributed by atoms with E-state index < -0.39 is 0 Å². The van der Waals surface area contributed by atoms with Crippen LogP contribution in [-0.2, 0) is 13.0 Å².